The molecule has 0 unspecified atom stereocenters. The highest BCUT2D eigenvalue weighted by Gasteiger charge is 2.04. The number of benzene rings is 1. The third kappa shape index (κ3) is 4.42. The van der Waals surface area contributed by atoms with Crippen LogP contribution in [0.1, 0.15) is 15.9 Å². The quantitative estimate of drug-likeness (QED) is 0.701. The van der Waals surface area contributed by atoms with E-state index in [0.717, 1.165) is 5.56 Å². The van der Waals surface area contributed by atoms with E-state index in [0.29, 0.717) is 12.1 Å². The maximum absolute atomic E-state index is 11.5. The predicted octanol–water partition coefficient (Wildman–Crippen LogP) is 0.265. The molecule has 0 fully saturated rings. The molecule has 2 amide bonds. The number of rotatable bonds is 5. The summed E-state index contributed by atoms with van der Waals surface area (Å²) in [6.07, 6.45) is -0.500. The molecule has 0 bridgehead atoms. The molecule has 0 saturated heterocycles. The summed E-state index contributed by atoms with van der Waals surface area (Å²) in [7, 11) is 1.30. The average molecular weight is 252 g/mol. The van der Waals surface area contributed by atoms with Crippen LogP contribution in [-0.2, 0) is 11.3 Å². The minimum atomic E-state index is -0.500. The fraction of sp³-hybridized carbons (Fsp3) is 0.333. The van der Waals surface area contributed by atoms with Crippen molar-refractivity contribution in [2.45, 2.75) is 6.54 Å². The molecule has 6 nitrogen and oxygen atoms in total. The number of aliphatic hydroxyl groups excluding tert-OH is 1. The van der Waals surface area contributed by atoms with Crippen LogP contribution in [0.5, 0.6) is 0 Å². The Morgan fingerprint density at radius 2 is 1.89 bits per heavy atom. The standard InChI is InChI=1S/C12H16N2O4/c1-18-12(17)14-8-9-2-4-10(5-3-9)11(16)13-6-7-15/h2-5,15H,6-8H2,1H3,(H,13,16)(H,14,17). The van der Waals surface area contributed by atoms with Crippen molar-refractivity contribution in [2.75, 3.05) is 20.3 Å². The van der Waals surface area contributed by atoms with Crippen LogP contribution in [-0.4, -0.2) is 37.4 Å². The van der Waals surface area contributed by atoms with Gasteiger partial charge in [0.05, 0.1) is 13.7 Å². The Balaban J connectivity index is 2.51. The zero-order valence-electron chi connectivity index (χ0n) is 10.1. The van der Waals surface area contributed by atoms with Gasteiger partial charge in [0.2, 0.25) is 0 Å². The van der Waals surface area contributed by atoms with E-state index in [2.05, 4.69) is 15.4 Å². The molecule has 0 saturated carbocycles. The van der Waals surface area contributed by atoms with Gasteiger partial charge in [-0.2, -0.15) is 0 Å². The SMILES string of the molecule is COC(=O)NCc1ccc(C(=O)NCCO)cc1. The fourth-order valence-electron chi connectivity index (χ4n) is 1.29. The second-order valence-electron chi connectivity index (χ2n) is 3.52. The number of methoxy groups -OCH3 is 1. The van der Waals surface area contributed by atoms with Crippen molar-refractivity contribution < 1.29 is 19.4 Å². The smallest absolute Gasteiger partial charge is 0.407 e. The Labute approximate surface area is 105 Å². The van der Waals surface area contributed by atoms with Crippen LogP contribution in [0.3, 0.4) is 0 Å². The van der Waals surface area contributed by atoms with Crippen LogP contribution in [0.2, 0.25) is 0 Å². The number of aliphatic hydroxyl groups is 1. The fourth-order valence-corrected chi connectivity index (χ4v) is 1.29. The first kappa shape index (κ1) is 14.0. The van der Waals surface area contributed by atoms with E-state index in [-0.39, 0.29) is 19.1 Å². The van der Waals surface area contributed by atoms with Gasteiger partial charge in [-0.25, -0.2) is 4.79 Å². The highest BCUT2D eigenvalue weighted by atomic mass is 16.5. The van der Waals surface area contributed by atoms with Crippen LogP contribution in [0, 0.1) is 0 Å². The van der Waals surface area contributed by atoms with Crippen molar-refractivity contribution in [1.29, 1.82) is 0 Å². The summed E-state index contributed by atoms with van der Waals surface area (Å²) in [5, 5.41) is 13.7. The Morgan fingerprint density at radius 1 is 1.22 bits per heavy atom. The number of carbonyl (C=O) groups excluding carboxylic acids is 2. The van der Waals surface area contributed by atoms with Gasteiger partial charge in [-0.05, 0) is 17.7 Å². The number of ether oxygens (including phenoxy) is 1. The number of alkyl carbamates (subject to hydrolysis) is 1. The van der Waals surface area contributed by atoms with Crippen molar-refractivity contribution in [3.63, 3.8) is 0 Å². The van der Waals surface area contributed by atoms with E-state index in [1.807, 2.05) is 0 Å². The Kier molecular flexibility index (Phi) is 5.66. The summed E-state index contributed by atoms with van der Waals surface area (Å²) in [6.45, 7) is 0.475. The maximum Gasteiger partial charge on any atom is 0.407 e. The molecule has 1 aromatic rings. The van der Waals surface area contributed by atoms with Crippen LogP contribution in [0.15, 0.2) is 24.3 Å². The van der Waals surface area contributed by atoms with Gasteiger partial charge in [-0.1, -0.05) is 12.1 Å². The van der Waals surface area contributed by atoms with E-state index >= 15 is 0 Å². The van der Waals surface area contributed by atoms with Gasteiger partial charge in [0.1, 0.15) is 0 Å². The molecule has 0 aliphatic rings. The first-order valence-electron chi connectivity index (χ1n) is 5.47. The van der Waals surface area contributed by atoms with Gasteiger partial charge >= 0.3 is 6.09 Å². The van der Waals surface area contributed by atoms with Crippen molar-refractivity contribution in [3.05, 3.63) is 35.4 Å². The zero-order valence-corrected chi connectivity index (χ0v) is 10.1. The molecule has 0 aliphatic heterocycles. The minimum absolute atomic E-state index is 0.0904. The molecule has 1 rings (SSSR count). The van der Waals surface area contributed by atoms with E-state index in [4.69, 9.17) is 5.11 Å². The van der Waals surface area contributed by atoms with Crippen molar-refractivity contribution in [3.8, 4) is 0 Å². The monoisotopic (exact) mass is 252 g/mol. The third-order valence-electron chi connectivity index (χ3n) is 2.24. The number of hydrogen-bond donors (Lipinski definition) is 3. The molecule has 0 spiro atoms. The number of amides is 2. The summed E-state index contributed by atoms with van der Waals surface area (Å²) in [5.74, 6) is -0.239. The largest absolute Gasteiger partial charge is 0.453 e. The lowest BCUT2D eigenvalue weighted by molar-refractivity contribution is 0.0944. The second-order valence-corrected chi connectivity index (χ2v) is 3.52. The van der Waals surface area contributed by atoms with Gasteiger partial charge in [-0.15, -0.1) is 0 Å². The third-order valence-corrected chi connectivity index (χ3v) is 2.24. The molecule has 0 atom stereocenters. The van der Waals surface area contributed by atoms with Crippen molar-refractivity contribution in [2.24, 2.45) is 0 Å². The summed E-state index contributed by atoms with van der Waals surface area (Å²) in [6, 6.07) is 6.79. The molecule has 98 valence electrons. The lowest BCUT2D eigenvalue weighted by atomic mass is 10.1. The first-order chi connectivity index (χ1) is 8.67. The van der Waals surface area contributed by atoms with Gasteiger partial charge in [0.15, 0.2) is 0 Å². The summed E-state index contributed by atoms with van der Waals surface area (Å²) in [5.41, 5.74) is 1.37. The molecule has 0 heterocycles. The zero-order chi connectivity index (χ0) is 13.4. The van der Waals surface area contributed by atoms with E-state index in [1.54, 1.807) is 24.3 Å². The summed E-state index contributed by atoms with van der Waals surface area (Å²) >= 11 is 0. The normalized spacial score (nSPS) is 9.67. The number of hydrogen-bond acceptors (Lipinski definition) is 4. The molecule has 3 N–H and O–H groups in total. The number of nitrogens with one attached hydrogen (secondary N) is 2. The summed E-state index contributed by atoms with van der Waals surface area (Å²) in [4.78, 5) is 22.4. The van der Waals surface area contributed by atoms with Crippen LogP contribution < -0.4 is 10.6 Å². The molecule has 18 heavy (non-hydrogen) atoms. The van der Waals surface area contributed by atoms with Gasteiger partial charge < -0.3 is 20.5 Å². The highest BCUT2D eigenvalue weighted by Crippen LogP contribution is 2.04. The molecule has 0 aromatic heterocycles. The molecular weight excluding hydrogens is 236 g/mol. The van der Waals surface area contributed by atoms with Gasteiger partial charge in [0, 0.05) is 18.7 Å². The van der Waals surface area contributed by atoms with Crippen LogP contribution >= 0.6 is 0 Å². The average Bonchev–Trinajstić information content (AvgIpc) is 2.42. The molecular formula is C12H16N2O4. The molecule has 0 radical (unpaired) electrons. The van der Waals surface area contributed by atoms with Crippen molar-refractivity contribution in [1.82, 2.24) is 10.6 Å². The summed E-state index contributed by atoms with van der Waals surface area (Å²) < 4.78 is 4.44. The lowest BCUT2D eigenvalue weighted by Gasteiger charge is -2.06. The highest BCUT2D eigenvalue weighted by molar-refractivity contribution is 5.94. The van der Waals surface area contributed by atoms with E-state index in [1.165, 1.54) is 7.11 Å². The lowest BCUT2D eigenvalue weighted by Crippen LogP contribution is -2.26. The van der Waals surface area contributed by atoms with E-state index in [9.17, 15) is 9.59 Å². The molecule has 0 aliphatic carbocycles. The Hall–Kier alpha value is -2.08. The Morgan fingerprint density at radius 3 is 2.44 bits per heavy atom. The number of carbonyl (C=O) groups is 2. The predicted molar refractivity (Wildman–Crippen MR) is 65.1 cm³/mol. The van der Waals surface area contributed by atoms with E-state index < -0.39 is 6.09 Å². The minimum Gasteiger partial charge on any atom is -0.453 e. The Bertz CT molecular complexity index is 403. The molecule has 1 aromatic carbocycles. The topological polar surface area (TPSA) is 87.7 Å². The van der Waals surface area contributed by atoms with Gasteiger partial charge in [0.25, 0.3) is 5.91 Å². The van der Waals surface area contributed by atoms with Crippen molar-refractivity contribution >= 4 is 12.0 Å². The van der Waals surface area contributed by atoms with Crippen LogP contribution in [0.25, 0.3) is 0 Å². The second kappa shape index (κ2) is 7.29. The van der Waals surface area contributed by atoms with Crippen LogP contribution in [0.4, 0.5) is 4.79 Å². The maximum atomic E-state index is 11.5. The first-order valence-corrected chi connectivity index (χ1v) is 5.47. The van der Waals surface area contributed by atoms with Gasteiger partial charge in [-0.3, -0.25) is 4.79 Å². The molecule has 6 heteroatoms.